The maximum Gasteiger partial charge on any atom is 0.416 e. The van der Waals surface area contributed by atoms with Crippen molar-refractivity contribution in [2.24, 2.45) is 11.8 Å². The molecule has 0 saturated carbocycles. The van der Waals surface area contributed by atoms with Crippen molar-refractivity contribution >= 4 is 5.97 Å². The van der Waals surface area contributed by atoms with Gasteiger partial charge in [-0.05, 0) is 60.1 Å². The highest BCUT2D eigenvalue weighted by atomic mass is 19.4. The summed E-state index contributed by atoms with van der Waals surface area (Å²) in [6.45, 7) is 3.02. The monoisotopic (exact) mass is 473 g/mol. The number of likely N-dealkylation sites (tertiary alicyclic amines) is 1. The normalized spacial score (nSPS) is 21.1. The van der Waals surface area contributed by atoms with Gasteiger partial charge in [-0.2, -0.15) is 26.3 Å². The first-order valence-electron chi connectivity index (χ1n) is 10.7. The van der Waals surface area contributed by atoms with Crippen molar-refractivity contribution in [2.45, 2.75) is 44.6 Å². The molecule has 0 bridgehead atoms. The second-order valence-corrected chi connectivity index (χ2v) is 8.55. The van der Waals surface area contributed by atoms with Crippen LogP contribution in [0, 0.1) is 11.8 Å². The molecule has 1 aliphatic heterocycles. The lowest BCUT2D eigenvalue weighted by Crippen LogP contribution is -2.43. The van der Waals surface area contributed by atoms with Crippen molar-refractivity contribution in [3.05, 3.63) is 70.8 Å². The van der Waals surface area contributed by atoms with Gasteiger partial charge in [-0.3, -0.25) is 9.69 Å². The second-order valence-electron chi connectivity index (χ2n) is 8.55. The number of rotatable bonds is 6. The van der Waals surface area contributed by atoms with Gasteiger partial charge < -0.3 is 5.11 Å². The van der Waals surface area contributed by atoms with Crippen LogP contribution in [0.4, 0.5) is 26.3 Å². The van der Waals surface area contributed by atoms with Crippen LogP contribution in [0.25, 0.3) is 0 Å². The molecule has 3 atom stereocenters. The Kier molecular flexibility index (Phi) is 7.41. The van der Waals surface area contributed by atoms with Crippen LogP contribution < -0.4 is 0 Å². The molecule has 0 amide bonds. The molecule has 1 fully saturated rings. The van der Waals surface area contributed by atoms with E-state index in [0.29, 0.717) is 43.6 Å². The third-order valence-corrected chi connectivity index (χ3v) is 6.28. The molecule has 1 aliphatic rings. The number of benzene rings is 2. The SMILES string of the molecule is CCC(C(=O)O)[C@H]1C[C@H](c2ccc(C(F)(F)F)cc2)CN(Cc2ccc(C(F)(F)F)cc2)C1. The van der Waals surface area contributed by atoms with Crippen LogP contribution in [0.5, 0.6) is 0 Å². The Bertz CT molecular complexity index is 937. The van der Waals surface area contributed by atoms with Gasteiger partial charge in [-0.25, -0.2) is 0 Å². The van der Waals surface area contributed by atoms with E-state index in [9.17, 15) is 36.2 Å². The van der Waals surface area contributed by atoms with Crippen LogP contribution in [-0.2, 0) is 23.7 Å². The first-order chi connectivity index (χ1) is 15.4. The molecule has 0 aliphatic carbocycles. The number of carboxylic acids is 1. The zero-order valence-electron chi connectivity index (χ0n) is 18.0. The van der Waals surface area contributed by atoms with Crippen molar-refractivity contribution in [3.63, 3.8) is 0 Å². The first-order valence-corrected chi connectivity index (χ1v) is 10.7. The number of carbonyl (C=O) groups is 1. The molecule has 3 rings (SSSR count). The highest BCUT2D eigenvalue weighted by Crippen LogP contribution is 2.37. The van der Waals surface area contributed by atoms with E-state index in [0.717, 1.165) is 24.3 Å². The molecule has 0 spiro atoms. The van der Waals surface area contributed by atoms with Crippen molar-refractivity contribution in [1.82, 2.24) is 4.90 Å². The van der Waals surface area contributed by atoms with E-state index in [2.05, 4.69) is 0 Å². The Hall–Kier alpha value is -2.55. The number of alkyl halides is 6. The lowest BCUT2D eigenvalue weighted by molar-refractivity contribution is -0.145. The van der Waals surface area contributed by atoms with Gasteiger partial charge >= 0.3 is 18.3 Å². The predicted molar refractivity (Wildman–Crippen MR) is 110 cm³/mol. The Balaban J connectivity index is 1.83. The summed E-state index contributed by atoms with van der Waals surface area (Å²) in [5.41, 5.74) is -0.164. The lowest BCUT2D eigenvalue weighted by atomic mass is 9.77. The van der Waals surface area contributed by atoms with Crippen molar-refractivity contribution in [2.75, 3.05) is 13.1 Å². The number of hydrogen-bond acceptors (Lipinski definition) is 2. The van der Waals surface area contributed by atoms with E-state index in [4.69, 9.17) is 0 Å². The molecule has 2 aromatic rings. The molecule has 33 heavy (non-hydrogen) atoms. The Morgan fingerprint density at radius 2 is 1.45 bits per heavy atom. The van der Waals surface area contributed by atoms with Gasteiger partial charge in [0.1, 0.15) is 0 Å². The standard InChI is InChI=1S/C24H25F6NO2/c1-2-21(22(32)33)18-11-17(16-5-9-20(10-6-16)24(28,29)30)13-31(14-18)12-15-3-7-19(8-4-15)23(25,26)27/h3-10,17-18,21H,2,11-14H2,1H3,(H,32,33)/t17-,18-,21?/m0/s1. The van der Waals surface area contributed by atoms with Crippen molar-refractivity contribution in [3.8, 4) is 0 Å². The van der Waals surface area contributed by atoms with Crippen LogP contribution in [0.2, 0.25) is 0 Å². The lowest BCUT2D eigenvalue weighted by Gasteiger charge is -2.40. The molecule has 0 radical (unpaired) electrons. The quantitative estimate of drug-likeness (QED) is 0.491. The third kappa shape index (κ3) is 6.28. The van der Waals surface area contributed by atoms with Gasteiger partial charge in [-0.1, -0.05) is 31.2 Å². The number of halogens is 6. The Labute approximate surface area is 188 Å². The highest BCUT2D eigenvalue weighted by molar-refractivity contribution is 5.70. The van der Waals surface area contributed by atoms with Crippen LogP contribution in [0.15, 0.2) is 48.5 Å². The van der Waals surface area contributed by atoms with E-state index < -0.39 is 35.4 Å². The molecule has 2 aromatic carbocycles. The molecule has 9 heteroatoms. The Morgan fingerprint density at radius 1 is 0.939 bits per heavy atom. The van der Waals surface area contributed by atoms with Gasteiger partial charge in [0, 0.05) is 19.6 Å². The fourth-order valence-corrected chi connectivity index (χ4v) is 4.61. The summed E-state index contributed by atoms with van der Waals surface area (Å²) in [5.74, 6) is -1.96. The zero-order valence-corrected chi connectivity index (χ0v) is 18.0. The largest absolute Gasteiger partial charge is 0.481 e. The summed E-state index contributed by atoms with van der Waals surface area (Å²) in [5, 5.41) is 9.64. The summed E-state index contributed by atoms with van der Waals surface area (Å²) in [7, 11) is 0. The Morgan fingerprint density at radius 3 is 1.91 bits per heavy atom. The van der Waals surface area contributed by atoms with Crippen molar-refractivity contribution in [1.29, 1.82) is 0 Å². The first kappa shape index (κ1) is 25.1. The summed E-state index contributed by atoms with van der Waals surface area (Å²) in [6, 6.07) is 9.71. The van der Waals surface area contributed by atoms with E-state index >= 15 is 0 Å². The number of nitrogens with zero attached hydrogens (tertiary/aromatic N) is 1. The molecular formula is C24H25F6NO2. The predicted octanol–water partition coefficient (Wildman–Crippen LogP) is 6.44. The second kappa shape index (κ2) is 9.75. The van der Waals surface area contributed by atoms with E-state index in [1.807, 2.05) is 4.90 Å². The summed E-state index contributed by atoms with van der Waals surface area (Å²) in [4.78, 5) is 13.8. The average molecular weight is 473 g/mol. The van der Waals surface area contributed by atoms with Crippen LogP contribution in [0.1, 0.15) is 47.9 Å². The van der Waals surface area contributed by atoms with E-state index in [1.165, 1.54) is 24.3 Å². The number of aliphatic carboxylic acids is 1. The maximum atomic E-state index is 12.9. The van der Waals surface area contributed by atoms with Gasteiger partial charge in [0.25, 0.3) is 0 Å². The molecule has 1 N–H and O–H groups in total. The topological polar surface area (TPSA) is 40.5 Å². The van der Waals surface area contributed by atoms with Crippen molar-refractivity contribution < 1.29 is 36.2 Å². The minimum atomic E-state index is -4.45. The summed E-state index contributed by atoms with van der Waals surface area (Å²) >= 11 is 0. The smallest absolute Gasteiger partial charge is 0.416 e. The van der Waals surface area contributed by atoms with E-state index in [-0.39, 0.29) is 11.8 Å². The fraction of sp³-hybridized carbons (Fsp3) is 0.458. The summed E-state index contributed by atoms with van der Waals surface area (Å²) < 4.78 is 77.3. The molecule has 180 valence electrons. The van der Waals surface area contributed by atoms with Crippen LogP contribution in [0.3, 0.4) is 0 Å². The third-order valence-electron chi connectivity index (χ3n) is 6.28. The minimum absolute atomic E-state index is 0.186. The fourth-order valence-electron chi connectivity index (χ4n) is 4.61. The molecule has 1 heterocycles. The molecule has 0 aromatic heterocycles. The average Bonchev–Trinajstić information content (AvgIpc) is 2.73. The van der Waals surface area contributed by atoms with Gasteiger partial charge in [0.05, 0.1) is 17.0 Å². The minimum Gasteiger partial charge on any atom is -0.481 e. The number of piperidine rings is 1. The molecule has 3 nitrogen and oxygen atoms in total. The van der Waals surface area contributed by atoms with Crippen LogP contribution in [-0.4, -0.2) is 29.1 Å². The number of hydrogen-bond donors (Lipinski definition) is 1. The highest BCUT2D eigenvalue weighted by Gasteiger charge is 2.36. The van der Waals surface area contributed by atoms with Gasteiger partial charge in [0.15, 0.2) is 0 Å². The maximum absolute atomic E-state index is 12.9. The van der Waals surface area contributed by atoms with E-state index in [1.54, 1.807) is 6.92 Å². The van der Waals surface area contributed by atoms with Gasteiger partial charge in [0.2, 0.25) is 0 Å². The molecule has 1 unspecified atom stereocenters. The molecular weight excluding hydrogens is 448 g/mol. The number of carboxylic acid groups (broad SMARTS) is 1. The van der Waals surface area contributed by atoms with Gasteiger partial charge in [-0.15, -0.1) is 0 Å². The van der Waals surface area contributed by atoms with Crippen LogP contribution >= 0.6 is 0 Å². The molecule has 1 saturated heterocycles. The summed E-state index contributed by atoms with van der Waals surface area (Å²) in [6.07, 6.45) is -7.95. The zero-order chi connectivity index (χ0) is 24.4.